The van der Waals surface area contributed by atoms with Crippen LogP contribution in [0.1, 0.15) is 24.5 Å². The molecule has 0 aliphatic carbocycles. The number of thioether (sulfide) groups is 1. The topological polar surface area (TPSA) is 74.3 Å². The molecule has 0 bridgehead atoms. The third-order valence-corrected chi connectivity index (χ3v) is 5.66. The van der Waals surface area contributed by atoms with Crippen LogP contribution in [0.2, 0.25) is 0 Å². The Morgan fingerprint density at radius 1 is 1.44 bits per heavy atom. The standard InChI is InChI=1S/C17H18N2O4S2/c1-3-12-8-13-15(25-12)18-17(24-10-14(20)22-4-2)19(16(13)21)9-11-6-5-7-23-11/h5-8H,3-4,9-10H2,1-2H3. The van der Waals surface area contributed by atoms with E-state index < -0.39 is 0 Å². The van der Waals surface area contributed by atoms with Gasteiger partial charge in [0.1, 0.15) is 10.6 Å². The summed E-state index contributed by atoms with van der Waals surface area (Å²) in [4.78, 5) is 31.0. The summed E-state index contributed by atoms with van der Waals surface area (Å²) in [5.74, 6) is 0.440. The minimum Gasteiger partial charge on any atom is -0.467 e. The van der Waals surface area contributed by atoms with Gasteiger partial charge >= 0.3 is 5.97 Å². The summed E-state index contributed by atoms with van der Waals surface area (Å²) in [6.07, 6.45) is 2.42. The summed E-state index contributed by atoms with van der Waals surface area (Å²) in [5.41, 5.74) is -0.122. The number of aryl methyl sites for hydroxylation is 1. The minimum absolute atomic E-state index is 0.107. The number of carbonyl (C=O) groups excluding carboxylic acids is 1. The van der Waals surface area contributed by atoms with Gasteiger partial charge in [-0.15, -0.1) is 11.3 Å². The SMILES string of the molecule is CCOC(=O)CSc1nc2sc(CC)cc2c(=O)n1Cc1ccco1. The van der Waals surface area contributed by atoms with E-state index in [1.54, 1.807) is 23.8 Å². The number of hydrogen-bond donors (Lipinski definition) is 0. The number of rotatable bonds is 7. The first-order chi connectivity index (χ1) is 12.1. The van der Waals surface area contributed by atoms with E-state index in [1.807, 2.05) is 19.1 Å². The van der Waals surface area contributed by atoms with E-state index in [9.17, 15) is 9.59 Å². The molecule has 0 saturated carbocycles. The monoisotopic (exact) mass is 378 g/mol. The maximum absolute atomic E-state index is 12.9. The van der Waals surface area contributed by atoms with E-state index in [0.717, 1.165) is 11.3 Å². The number of fused-ring (bicyclic) bond motifs is 1. The molecule has 132 valence electrons. The van der Waals surface area contributed by atoms with Crippen LogP contribution in [0.5, 0.6) is 0 Å². The predicted octanol–water partition coefficient (Wildman–Crippen LogP) is 3.32. The van der Waals surface area contributed by atoms with Crippen LogP contribution in [0.25, 0.3) is 10.2 Å². The summed E-state index contributed by atoms with van der Waals surface area (Å²) in [5, 5.41) is 1.10. The van der Waals surface area contributed by atoms with Crippen molar-refractivity contribution in [2.75, 3.05) is 12.4 Å². The summed E-state index contributed by atoms with van der Waals surface area (Å²) in [6, 6.07) is 5.48. The van der Waals surface area contributed by atoms with Gasteiger partial charge in [-0.05, 0) is 31.5 Å². The summed E-state index contributed by atoms with van der Waals surface area (Å²) < 4.78 is 11.9. The van der Waals surface area contributed by atoms with E-state index in [1.165, 1.54) is 23.1 Å². The van der Waals surface area contributed by atoms with Gasteiger partial charge in [0.25, 0.3) is 5.56 Å². The first-order valence-electron chi connectivity index (χ1n) is 7.96. The fraction of sp³-hybridized carbons (Fsp3) is 0.353. The Morgan fingerprint density at radius 3 is 2.96 bits per heavy atom. The lowest BCUT2D eigenvalue weighted by molar-refractivity contribution is -0.139. The molecule has 25 heavy (non-hydrogen) atoms. The number of furan rings is 1. The van der Waals surface area contributed by atoms with Crippen molar-refractivity contribution in [1.82, 2.24) is 9.55 Å². The van der Waals surface area contributed by atoms with E-state index in [0.29, 0.717) is 27.7 Å². The second kappa shape index (κ2) is 7.88. The smallest absolute Gasteiger partial charge is 0.316 e. The third-order valence-electron chi connectivity index (χ3n) is 3.53. The van der Waals surface area contributed by atoms with E-state index in [4.69, 9.17) is 9.15 Å². The molecule has 3 aromatic rings. The van der Waals surface area contributed by atoms with Crippen LogP contribution in [-0.2, 0) is 22.5 Å². The molecular weight excluding hydrogens is 360 g/mol. The zero-order chi connectivity index (χ0) is 17.8. The van der Waals surface area contributed by atoms with Gasteiger partial charge in [0.05, 0.1) is 30.6 Å². The van der Waals surface area contributed by atoms with Crippen LogP contribution in [0.15, 0.2) is 38.8 Å². The van der Waals surface area contributed by atoms with Crippen LogP contribution in [0, 0.1) is 0 Å². The zero-order valence-corrected chi connectivity index (χ0v) is 15.6. The van der Waals surface area contributed by atoms with Crippen LogP contribution < -0.4 is 5.56 Å². The second-order valence-electron chi connectivity index (χ2n) is 5.24. The van der Waals surface area contributed by atoms with Crippen molar-refractivity contribution < 1.29 is 13.9 Å². The summed E-state index contributed by atoms with van der Waals surface area (Å²) in [6.45, 7) is 4.41. The van der Waals surface area contributed by atoms with Gasteiger partial charge in [0, 0.05) is 4.88 Å². The molecule has 0 aliphatic heterocycles. The van der Waals surface area contributed by atoms with Crippen molar-refractivity contribution in [3.05, 3.63) is 45.5 Å². The molecule has 0 aliphatic rings. The number of hydrogen-bond acceptors (Lipinski definition) is 7. The molecule has 0 atom stereocenters. The lowest BCUT2D eigenvalue weighted by atomic mass is 10.3. The van der Waals surface area contributed by atoms with Crippen LogP contribution in [0.4, 0.5) is 0 Å². The van der Waals surface area contributed by atoms with E-state index in [2.05, 4.69) is 4.98 Å². The Hall–Kier alpha value is -2.06. The molecule has 0 N–H and O–H groups in total. The molecule has 0 radical (unpaired) electrons. The van der Waals surface area contributed by atoms with Crippen molar-refractivity contribution >= 4 is 39.3 Å². The average Bonchev–Trinajstić information content (AvgIpc) is 3.25. The molecule has 3 aromatic heterocycles. The molecule has 0 amide bonds. The van der Waals surface area contributed by atoms with Crippen molar-refractivity contribution in [3.63, 3.8) is 0 Å². The molecule has 0 spiro atoms. The zero-order valence-electron chi connectivity index (χ0n) is 14.0. The highest BCUT2D eigenvalue weighted by Crippen LogP contribution is 2.25. The fourth-order valence-electron chi connectivity index (χ4n) is 2.36. The molecule has 6 nitrogen and oxygen atoms in total. The minimum atomic E-state index is -0.327. The molecular formula is C17H18N2O4S2. The van der Waals surface area contributed by atoms with Crippen molar-refractivity contribution in [3.8, 4) is 0 Å². The Morgan fingerprint density at radius 2 is 2.28 bits per heavy atom. The molecule has 3 rings (SSSR count). The number of nitrogens with zero attached hydrogens (tertiary/aromatic N) is 2. The van der Waals surface area contributed by atoms with Crippen molar-refractivity contribution in [1.29, 1.82) is 0 Å². The normalized spacial score (nSPS) is 11.1. The third kappa shape index (κ3) is 3.96. The van der Waals surface area contributed by atoms with Gasteiger partial charge in [-0.3, -0.25) is 14.2 Å². The first-order valence-corrected chi connectivity index (χ1v) is 9.76. The number of carbonyl (C=O) groups is 1. The lowest BCUT2D eigenvalue weighted by Crippen LogP contribution is -2.23. The maximum atomic E-state index is 12.9. The molecule has 0 unspecified atom stereocenters. The highest BCUT2D eigenvalue weighted by Gasteiger charge is 2.16. The van der Waals surface area contributed by atoms with Gasteiger partial charge in [0.2, 0.25) is 0 Å². The van der Waals surface area contributed by atoms with Gasteiger partial charge in [0.15, 0.2) is 5.16 Å². The highest BCUT2D eigenvalue weighted by atomic mass is 32.2. The number of thiophene rings is 1. The fourth-order valence-corrected chi connectivity index (χ4v) is 4.16. The quantitative estimate of drug-likeness (QED) is 0.357. The van der Waals surface area contributed by atoms with Gasteiger partial charge < -0.3 is 9.15 Å². The van der Waals surface area contributed by atoms with Gasteiger partial charge in [-0.1, -0.05) is 18.7 Å². The maximum Gasteiger partial charge on any atom is 0.316 e. The van der Waals surface area contributed by atoms with E-state index >= 15 is 0 Å². The average molecular weight is 378 g/mol. The predicted molar refractivity (Wildman–Crippen MR) is 98.4 cm³/mol. The Kier molecular flexibility index (Phi) is 5.60. The van der Waals surface area contributed by atoms with Crippen LogP contribution in [-0.4, -0.2) is 27.9 Å². The lowest BCUT2D eigenvalue weighted by Gasteiger charge is -2.10. The van der Waals surface area contributed by atoms with Crippen molar-refractivity contribution in [2.24, 2.45) is 0 Å². The Bertz CT molecular complexity index is 928. The van der Waals surface area contributed by atoms with Gasteiger partial charge in [-0.2, -0.15) is 0 Å². The largest absolute Gasteiger partial charge is 0.467 e. The van der Waals surface area contributed by atoms with Crippen LogP contribution >= 0.6 is 23.1 Å². The molecule has 0 aromatic carbocycles. The number of aromatic nitrogens is 2. The van der Waals surface area contributed by atoms with E-state index in [-0.39, 0.29) is 23.8 Å². The molecule has 0 saturated heterocycles. The van der Waals surface area contributed by atoms with Crippen LogP contribution in [0.3, 0.4) is 0 Å². The Balaban J connectivity index is 2.01. The first kappa shape index (κ1) is 17.8. The summed E-state index contributed by atoms with van der Waals surface area (Å²) >= 11 is 2.71. The second-order valence-corrected chi connectivity index (χ2v) is 7.30. The Labute approximate surface area is 152 Å². The molecule has 3 heterocycles. The molecule has 0 fully saturated rings. The number of ether oxygens (including phenoxy) is 1. The summed E-state index contributed by atoms with van der Waals surface area (Å²) in [7, 11) is 0. The number of esters is 1. The highest BCUT2D eigenvalue weighted by molar-refractivity contribution is 7.99. The van der Waals surface area contributed by atoms with Gasteiger partial charge in [-0.25, -0.2) is 4.98 Å². The molecule has 8 heteroatoms. The van der Waals surface area contributed by atoms with Crippen molar-refractivity contribution in [2.45, 2.75) is 32.0 Å².